The van der Waals surface area contributed by atoms with E-state index in [0.29, 0.717) is 6.04 Å². The number of carbonyl (C=O) groups is 1. The second-order valence-corrected chi connectivity index (χ2v) is 3.40. The van der Waals surface area contributed by atoms with E-state index in [-0.39, 0.29) is 5.69 Å². The number of nitrogens with zero attached hydrogens (tertiary/aromatic N) is 1. The van der Waals surface area contributed by atoms with Crippen LogP contribution in [0.5, 0.6) is 0 Å². The van der Waals surface area contributed by atoms with Gasteiger partial charge in [0.2, 0.25) is 0 Å². The number of aromatic carboxylic acids is 1. The van der Waals surface area contributed by atoms with E-state index in [1.807, 2.05) is 0 Å². The second kappa shape index (κ2) is 5.34. The molecule has 1 rings (SSSR count). The fraction of sp³-hybridized carbons (Fsp3) is 0.455. The summed E-state index contributed by atoms with van der Waals surface area (Å²) in [4.78, 5) is 14.4. The molecule has 0 aliphatic carbocycles. The predicted octanol–water partition coefficient (Wildman–Crippen LogP) is 2.38. The van der Waals surface area contributed by atoms with Gasteiger partial charge in [0, 0.05) is 6.04 Å². The quantitative estimate of drug-likeness (QED) is 0.779. The number of nitrogens with one attached hydrogen (secondary N) is 1. The molecule has 1 aromatic rings. The van der Waals surface area contributed by atoms with Crippen LogP contribution in [0.1, 0.15) is 37.2 Å². The molecule has 2 N–H and O–H groups in total. The van der Waals surface area contributed by atoms with Crippen molar-refractivity contribution in [2.45, 2.75) is 32.7 Å². The number of carboxylic acid groups (broad SMARTS) is 1. The number of hydrogen-bond donors (Lipinski definition) is 2. The molecule has 0 aliphatic rings. The third-order valence-electron chi connectivity index (χ3n) is 2.34. The van der Waals surface area contributed by atoms with Gasteiger partial charge in [-0.3, -0.25) is 0 Å². The lowest BCUT2D eigenvalue weighted by Crippen LogP contribution is -2.17. The summed E-state index contributed by atoms with van der Waals surface area (Å²) in [5.41, 5.74) is 0.943. The van der Waals surface area contributed by atoms with Crippen LogP contribution in [0.2, 0.25) is 0 Å². The van der Waals surface area contributed by atoms with Crippen LogP contribution >= 0.6 is 0 Å². The Balaban J connectivity index is 2.67. The standard InChI is InChI=1S/C11H16N2O2/c1-3-8(4-2)13-9-5-6-10(11(14)15)12-7-9/h5-8,13H,3-4H2,1-2H3,(H,14,15). The highest BCUT2D eigenvalue weighted by atomic mass is 16.4. The van der Waals surface area contributed by atoms with Gasteiger partial charge >= 0.3 is 5.97 Å². The van der Waals surface area contributed by atoms with Gasteiger partial charge in [-0.2, -0.15) is 0 Å². The maximum atomic E-state index is 10.6. The van der Waals surface area contributed by atoms with E-state index in [0.717, 1.165) is 18.5 Å². The highest BCUT2D eigenvalue weighted by Gasteiger charge is 2.05. The Hall–Kier alpha value is -1.58. The first-order chi connectivity index (χ1) is 7.17. The van der Waals surface area contributed by atoms with Crippen molar-refractivity contribution in [3.05, 3.63) is 24.0 Å². The number of anilines is 1. The molecule has 1 aromatic heterocycles. The lowest BCUT2D eigenvalue weighted by atomic mass is 10.1. The molecule has 0 spiro atoms. The van der Waals surface area contributed by atoms with E-state index < -0.39 is 5.97 Å². The third kappa shape index (κ3) is 3.23. The molecule has 0 aliphatic heterocycles. The highest BCUT2D eigenvalue weighted by molar-refractivity contribution is 5.85. The molecule has 0 bridgehead atoms. The van der Waals surface area contributed by atoms with Gasteiger partial charge in [0.05, 0.1) is 11.9 Å². The summed E-state index contributed by atoms with van der Waals surface area (Å²) < 4.78 is 0. The Morgan fingerprint density at radius 3 is 2.53 bits per heavy atom. The van der Waals surface area contributed by atoms with Crippen LogP contribution in [-0.2, 0) is 0 Å². The Bertz CT molecular complexity index is 318. The first-order valence-electron chi connectivity index (χ1n) is 5.13. The van der Waals surface area contributed by atoms with E-state index in [1.54, 1.807) is 12.3 Å². The molecular formula is C11H16N2O2. The van der Waals surface area contributed by atoms with Gasteiger partial charge in [-0.25, -0.2) is 9.78 Å². The van der Waals surface area contributed by atoms with Crippen LogP contribution in [0, 0.1) is 0 Å². The summed E-state index contributed by atoms with van der Waals surface area (Å²) in [7, 11) is 0. The first kappa shape index (κ1) is 11.5. The Kier molecular flexibility index (Phi) is 4.09. The normalized spacial score (nSPS) is 10.3. The van der Waals surface area contributed by atoms with Gasteiger partial charge in [0.1, 0.15) is 5.69 Å². The minimum absolute atomic E-state index is 0.0742. The Labute approximate surface area is 89.3 Å². The molecule has 4 heteroatoms. The SMILES string of the molecule is CCC(CC)Nc1ccc(C(=O)O)nc1. The van der Waals surface area contributed by atoms with Gasteiger partial charge in [-0.1, -0.05) is 13.8 Å². The lowest BCUT2D eigenvalue weighted by molar-refractivity contribution is 0.0690. The molecule has 82 valence electrons. The van der Waals surface area contributed by atoms with Crippen LogP contribution in [0.4, 0.5) is 5.69 Å². The maximum Gasteiger partial charge on any atom is 0.354 e. The molecule has 15 heavy (non-hydrogen) atoms. The van der Waals surface area contributed by atoms with Crippen molar-refractivity contribution in [1.29, 1.82) is 0 Å². The van der Waals surface area contributed by atoms with Crippen molar-refractivity contribution in [1.82, 2.24) is 4.98 Å². The minimum Gasteiger partial charge on any atom is -0.477 e. The molecule has 4 nitrogen and oxygen atoms in total. The average Bonchev–Trinajstić information content (AvgIpc) is 2.26. The largest absolute Gasteiger partial charge is 0.477 e. The lowest BCUT2D eigenvalue weighted by Gasteiger charge is -2.15. The van der Waals surface area contributed by atoms with E-state index in [1.165, 1.54) is 6.07 Å². The minimum atomic E-state index is -0.996. The summed E-state index contributed by atoms with van der Waals surface area (Å²) in [6.07, 6.45) is 3.64. The molecule has 0 fully saturated rings. The van der Waals surface area contributed by atoms with Crippen molar-refractivity contribution in [3.8, 4) is 0 Å². The van der Waals surface area contributed by atoms with E-state index in [4.69, 9.17) is 5.11 Å². The zero-order valence-corrected chi connectivity index (χ0v) is 9.03. The number of aromatic nitrogens is 1. The molecule has 0 unspecified atom stereocenters. The van der Waals surface area contributed by atoms with Crippen molar-refractivity contribution in [2.24, 2.45) is 0 Å². The summed E-state index contributed by atoms with van der Waals surface area (Å²) in [6.45, 7) is 4.22. The zero-order chi connectivity index (χ0) is 11.3. The van der Waals surface area contributed by atoms with Gasteiger partial charge in [0.15, 0.2) is 0 Å². The van der Waals surface area contributed by atoms with Gasteiger partial charge < -0.3 is 10.4 Å². The van der Waals surface area contributed by atoms with Crippen LogP contribution in [-0.4, -0.2) is 22.1 Å². The van der Waals surface area contributed by atoms with Gasteiger partial charge in [0.25, 0.3) is 0 Å². The topological polar surface area (TPSA) is 62.2 Å². The number of rotatable bonds is 5. The molecule has 0 amide bonds. The van der Waals surface area contributed by atoms with Crippen molar-refractivity contribution in [3.63, 3.8) is 0 Å². The van der Waals surface area contributed by atoms with E-state index >= 15 is 0 Å². The highest BCUT2D eigenvalue weighted by Crippen LogP contribution is 2.10. The summed E-state index contributed by atoms with van der Waals surface area (Å²) in [6, 6.07) is 3.67. The summed E-state index contributed by atoms with van der Waals surface area (Å²) in [5.74, 6) is -0.996. The number of carboxylic acids is 1. The van der Waals surface area contributed by atoms with Gasteiger partial charge in [-0.05, 0) is 25.0 Å². The number of pyridine rings is 1. The first-order valence-corrected chi connectivity index (χ1v) is 5.13. The van der Waals surface area contributed by atoms with Crippen LogP contribution in [0.3, 0.4) is 0 Å². The van der Waals surface area contributed by atoms with E-state index in [9.17, 15) is 4.79 Å². The molecular weight excluding hydrogens is 192 g/mol. The smallest absolute Gasteiger partial charge is 0.354 e. The molecule has 0 atom stereocenters. The van der Waals surface area contributed by atoms with Gasteiger partial charge in [-0.15, -0.1) is 0 Å². The van der Waals surface area contributed by atoms with Crippen molar-refractivity contribution in [2.75, 3.05) is 5.32 Å². The second-order valence-electron chi connectivity index (χ2n) is 3.40. The average molecular weight is 208 g/mol. The molecule has 0 radical (unpaired) electrons. The predicted molar refractivity (Wildman–Crippen MR) is 59.2 cm³/mol. The third-order valence-corrected chi connectivity index (χ3v) is 2.34. The fourth-order valence-corrected chi connectivity index (χ4v) is 1.33. The Morgan fingerprint density at radius 2 is 2.13 bits per heavy atom. The fourth-order valence-electron chi connectivity index (χ4n) is 1.33. The molecule has 0 aromatic carbocycles. The molecule has 0 saturated carbocycles. The molecule has 0 saturated heterocycles. The summed E-state index contributed by atoms with van der Waals surface area (Å²) >= 11 is 0. The summed E-state index contributed by atoms with van der Waals surface area (Å²) in [5, 5.41) is 12.0. The Morgan fingerprint density at radius 1 is 1.47 bits per heavy atom. The van der Waals surface area contributed by atoms with Crippen LogP contribution in [0.25, 0.3) is 0 Å². The maximum absolute atomic E-state index is 10.6. The van der Waals surface area contributed by atoms with Crippen LogP contribution < -0.4 is 5.32 Å². The van der Waals surface area contributed by atoms with Crippen LogP contribution in [0.15, 0.2) is 18.3 Å². The monoisotopic (exact) mass is 208 g/mol. The van der Waals surface area contributed by atoms with E-state index in [2.05, 4.69) is 24.1 Å². The zero-order valence-electron chi connectivity index (χ0n) is 9.03. The number of hydrogen-bond acceptors (Lipinski definition) is 3. The van der Waals surface area contributed by atoms with Crippen molar-refractivity contribution < 1.29 is 9.90 Å². The van der Waals surface area contributed by atoms with Crippen molar-refractivity contribution >= 4 is 11.7 Å². The molecule has 1 heterocycles.